The molecule has 0 aromatic heterocycles. The highest BCUT2D eigenvalue weighted by molar-refractivity contribution is 6.08. The summed E-state index contributed by atoms with van der Waals surface area (Å²) in [6.07, 6.45) is 4.37. The fraction of sp³-hybridized carbons (Fsp3) is 0.350. The van der Waals surface area contributed by atoms with Crippen LogP contribution in [0.15, 0.2) is 42.5 Å². The van der Waals surface area contributed by atoms with Crippen molar-refractivity contribution in [1.82, 2.24) is 0 Å². The van der Waals surface area contributed by atoms with Gasteiger partial charge in [0.15, 0.2) is 0 Å². The minimum Gasteiger partial charge on any atom is -0.497 e. The van der Waals surface area contributed by atoms with Gasteiger partial charge < -0.3 is 9.64 Å². The summed E-state index contributed by atoms with van der Waals surface area (Å²) in [6, 6.07) is 14.1. The number of carbonyl (C=O) groups is 1. The van der Waals surface area contributed by atoms with Crippen molar-refractivity contribution in [2.24, 2.45) is 0 Å². The predicted octanol–water partition coefficient (Wildman–Crippen LogP) is 4.24. The molecule has 3 rings (SSSR count). The second kappa shape index (κ2) is 6.86. The van der Waals surface area contributed by atoms with E-state index in [1.165, 1.54) is 18.4 Å². The SMILES string of the molecule is CCCCc1ccc(N2CCc3cc(OC)ccc3C2=O)cc1. The van der Waals surface area contributed by atoms with Crippen molar-refractivity contribution in [2.45, 2.75) is 32.6 Å². The summed E-state index contributed by atoms with van der Waals surface area (Å²) >= 11 is 0. The molecule has 2 aromatic carbocycles. The van der Waals surface area contributed by atoms with Crippen LogP contribution in [0.5, 0.6) is 5.75 Å². The first-order valence-corrected chi connectivity index (χ1v) is 8.30. The minimum absolute atomic E-state index is 0.0789. The van der Waals surface area contributed by atoms with Crippen LogP contribution in [0.4, 0.5) is 5.69 Å². The molecule has 3 heteroatoms. The van der Waals surface area contributed by atoms with Crippen LogP contribution in [-0.2, 0) is 12.8 Å². The summed E-state index contributed by atoms with van der Waals surface area (Å²) in [6.45, 7) is 2.92. The quantitative estimate of drug-likeness (QED) is 0.826. The number of rotatable bonds is 5. The van der Waals surface area contributed by atoms with E-state index in [1.54, 1.807) is 7.11 Å². The van der Waals surface area contributed by atoms with E-state index in [9.17, 15) is 4.79 Å². The number of nitrogens with zero attached hydrogens (tertiary/aromatic N) is 1. The zero-order chi connectivity index (χ0) is 16.2. The van der Waals surface area contributed by atoms with E-state index in [0.717, 1.165) is 35.4 Å². The lowest BCUT2D eigenvalue weighted by molar-refractivity contribution is 0.0980. The first kappa shape index (κ1) is 15.6. The maximum Gasteiger partial charge on any atom is 0.258 e. The lowest BCUT2D eigenvalue weighted by Gasteiger charge is -2.29. The van der Waals surface area contributed by atoms with E-state index in [4.69, 9.17) is 4.74 Å². The highest BCUT2D eigenvalue weighted by Crippen LogP contribution is 2.27. The first-order valence-electron chi connectivity index (χ1n) is 8.30. The maximum absolute atomic E-state index is 12.8. The van der Waals surface area contributed by atoms with Crippen molar-refractivity contribution < 1.29 is 9.53 Å². The largest absolute Gasteiger partial charge is 0.497 e. The Balaban J connectivity index is 1.80. The molecule has 0 bridgehead atoms. The Kier molecular flexibility index (Phi) is 4.65. The fourth-order valence-electron chi connectivity index (χ4n) is 3.06. The highest BCUT2D eigenvalue weighted by atomic mass is 16.5. The average Bonchev–Trinajstić information content (AvgIpc) is 2.60. The monoisotopic (exact) mass is 309 g/mol. The third-order valence-corrected chi connectivity index (χ3v) is 4.46. The average molecular weight is 309 g/mol. The molecule has 1 amide bonds. The molecular formula is C20H23NO2. The molecule has 120 valence electrons. The van der Waals surface area contributed by atoms with Crippen molar-refractivity contribution in [3.63, 3.8) is 0 Å². The summed E-state index contributed by atoms with van der Waals surface area (Å²) in [5, 5.41) is 0. The molecule has 0 aliphatic carbocycles. The van der Waals surface area contributed by atoms with Crippen molar-refractivity contribution in [3.8, 4) is 5.75 Å². The van der Waals surface area contributed by atoms with E-state index < -0.39 is 0 Å². The summed E-state index contributed by atoms with van der Waals surface area (Å²) in [7, 11) is 1.65. The second-order valence-corrected chi connectivity index (χ2v) is 6.00. The summed E-state index contributed by atoms with van der Waals surface area (Å²) < 4.78 is 5.25. The van der Waals surface area contributed by atoms with Gasteiger partial charge in [-0.05, 0) is 60.7 Å². The van der Waals surface area contributed by atoms with E-state index in [0.29, 0.717) is 6.54 Å². The normalized spacial score (nSPS) is 13.8. The van der Waals surface area contributed by atoms with E-state index in [-0.39, 0.29) is 5.91 Å². The van der Waals surface area contributed by atoms with Gasteiger partial charge in [-0.1, -0.05) is 25.5 Å². The number of hydrogen-bond acceptors (Lipinski definition) is 2. The third kappa shape index (κ3) is 3.24. The van der Waals surface area contributed by atoms with Crippen LogP contribution < -0.4 is 9.64 Å². The van der Waals surface area contributed by atoms with Crippen LogP contribution in [0, 0.1) is 0 Å². The van der Waals surface area contributed by atoms with Crippen molar-refractivity contribution in [1.29, 1.82) is 0 Å². The molecule has 3 nitrogen and oxygen atoms in total. The van der Waals surface area contributed by atoms with E-state index in [1.807, 2.05) is 23.1 Å². The Morgan fingerprint density at radius 3 is 2.61 bits per heavy atom. The molecule has 0 atom stereocenters. The van der Waals surface area contributed by atoms with E-state index in [2.05, 4.69) is 31.2 Å². The Labute approximate surface area is 137 Å². The van der Waals surface area contributed by atoms with Crippen molar-refractivity contribution in [2.75, 3.05) is 18.6 Å². The molecule has 1 heterocycles. The molecule has 1 aliphatic heterocycles. The Hall–Kier alpha value is -2.29. The number of aryl methyl sites for hydroxylation is 1. The second-order valence-electron chi connectivity index (χ2n) is 6.00. The van der Waals surface area contributed by atoms with Crippen LogP contribution in [-0.4, -0.2) is 19.6 Å². The summed E-state index contributed by atoms with van der Waals surface area (Å²) in [5.41, 5.74) is 4.18. The van der Waals surface area contributed by atoms with E-state index >= 15 is 0 Å². The Morgan fingerprint density at radius 1 is 1.13 bits per heavy atom. The molecule has 1 aliphatic rings. The predicted molar refractivity (Wildman–Crippen MR) is 93.4 cm³/mol. The van der Waals surface area contributed by atoms with Gasteiger partial charge in [0.2, 0.25) is 0 Å². The maximum atomic E-state index is 12.8. The molecule has 0 unspecified atom stereocenters. The zero-order valence-electron chi connectivity index (χ0n) is 13.8. The van der Waals surface area contributed by atoms with Crippen molar-refractivity contribution in [3.05, 3.63) is 59.2 Å². The number of carbonyl (C=O) groups excluding carboxylic acids is 1. The first-order chi connectivity index (χ1) is 11.2. The van der Waals surface area contributed by atoms with Crippen LogP contribution in [0.2, 0.25) is 0 Å². The van der Waals surface area contributed by atoms with Gasteiger partial charge in [0.25, 0.3) is 5.91 Å². The van der Waals surface area contributed by atoms with Gasteiger partial charge in [0, 0.05) is 17.8 Å². The number of hydrogen-bond donors (Lipinski definition) is 0. The number of methoxy groups -OCH3 is 1. The number of anilines is 1. The topological polar surface area (TPSA) is 29.5 Å². The molecule has 23 heavy (non-hydrogen) atoms. The number of fused-ring (bicyclic) bond motifs is 1. The molecule has 2 aromatic rings. The lowest BCUT2D eigenvalue weighted by atomic mass is 9.98. The molecule has 0 spiro atoms. The number of amides is 1. The minimum atomic E-state index is 0.0789. The molecule has 0 N–H and O–H groups in total. The number of unbranched alkanes of at least 4 members (excludes halogenated alkanes) is 1. The van der Waals surface area contributed by atoms with Gasteiger partial charge in [-0.3, -0.25) is 4.79 Å². The summed E-state index contributed by atoms with van der Waals surface area (Å²) in [5.74, 6) is 0.889. The smallest absolute Gasteiger partial charge is 0.258 e. The highest BCUT2D eigenvalue weighted by Gasteiger charge is 2.25. The standard InChI is InChI=1S/C20H23NO2/c1-3-4-5-15-6-8-17(9-7-15)21-13-12-16-14-18(23-2)10-11-19(16)20(21)22/h6-11,14H,3-5,12-13H2,1-2H3. The van der Waals surface area contributed by atoms with Crippen LogP contribution in [0.25, 0.3) is 0 Å². The molecule has 0 saturated heterocycles. The summed E-state index contributed by atoms with van der Waals surface area (Å²) in [4.78, 5) is 14.6. The molecule has 0 fully saturated rings. The van der Waals surface area contributed by atoms with Crippen LogP contribution in [0.3, 0.4) is 0 Å². The van der Waals surface area contributed by atoms with Crippen LogP contribution in [0.1, 0.15) is 41.3 Å². The lowest BCUT2D eigenvalue weighted by Crippen LogP contribution is -2.37. The van der Waals surface area contributed by atoms with Gasteiger partial charge >= 0.3 is 0 Å². The zero-order valence-corrected chi connectivity index (χ0v) is 13.8. The molecule has 0 radical (unpaired) electrons. The number of ether oxygens (including phenoxy) is 1. The fourth-order valence-corrected chi connectivity index (χ4v) is 3.06. The van der Waals surface area contributed by atoms with Gasteiger partial charge in [-0.15, -0.1) is 0 Å². The van der Waals surface area contributed by atoms with Gasteiger partial charge in [-0.2, -0.15) is 0 Å². The van der Waals surface area contributed by atoms with Gasteiger partial charge in [0.05, 0.1) is 7.11 Å². The molecule has 0 saturated carbocycles. The molecular weight excluding hydrogens is 286 g/mol. The third-order valence-electron chi connectivity index (χ3n) is 4.46. The van der Waals surface area contributed by atoms with Crippen molar-refractivity contribution >= 4 is 11.6 Å². The van der Waals surface area contributed by atoms with Gasteiger partial charge in [-0.25, -0.2) is 0 Å². The van der Waals surface area contributed by atoms with Crippen LogP contribution >= 0.6 is 0 Å². The Bertz CT molecular complexity index is 691. The Morgan fingerprint density at radius 2 is 1.91 bits per heavy atom. The number of benzene rings is 2. The van der Waals surface area contributed by atoms with Gasteiger partial charge in [0.1, 0.15) is 5.75 Å².